The molecule has 5 heteroatoms. The number of thiazole rings is 1. The van der Waals surface area contributed by atoms with Crippen LogP contribution in [-0.4, -0.2) is 10.9 Å². The molecule has 1 fully saturated rings. The first kappa shape index (κ1) is 16.3. The fourth-order valence-electron chi connectivity index (χ4n) is 2.60. The van der Waals surface area contributed by atoms with Crippen LogP contribution >= 0.6 is 22.9 Å². The van der Waals surface area contributed by atoms with Crippen LogP contribution in [0.4, 0.5) is 5.69 Å². The Balaban J connectivity index is 1.48. The first-order valence-corrected chi connectivity index (χ1v) is 9.49. The van der Waals surface area contributed by atoms with E-state index in [-0.39, 0.29) is 5.91 Å². The van der Waals surface area contributed by atoms with E-state index in [0.717, 1.165) is 16.8 Å². The van der Waals surface area contributed by atoms with Gasteiger partial charge in [0, 0.05) is 33.1 Å². The van der Waals surface area contributed by atoms with Crippen molar-refractivity contribution < 1.29 is 4.79 Å². The fourth-order valence-corrected chi connectivity index (χ4v) is 3.79. The zero-order valence-electron chi connectivity index (χ0n) is 13.8. The van der Waals surface area contributed by atoms with Crippen molar-refractivity contribution in [2.24, 2.45) is 0 Å². The average molecular weight is 369 g/mol. The number of anilines is 1. The zero-order chi connectivity index (χ0) is 17.4. The number of hydrogen-bond acceptors (Lipinski definition) is 3. The van der Waals surface area contributed by atoms with Crippen LogP contribution in [-0.2, 0) is 0 Å². The number of carbonyl (C=O) groups is 1. The third kappa shape index (κ3) is 3.60. The van der Waals surface area contributed by atoms with Crippen LogP contribution in [0.25, 0.3) is 11.3 Å². The Morgan fingerprint density at radius 2 is 1.96 bits per heavy atom. The molecular weight excluding hydrogens is 352 g/mol. The van der Waals surface area contributed by atoms with E-state index >= 15 is 0 Å². The number of aromatic nitrogens is 1. The van der Waals surface area contributed by atoms with Gasteiger partial charge < -0.3 is 5.32 Å². The Kier molecular flexibility index (Phi) is 4.32. The van der Waals surface area contributed by atoms with Crippen molar-refractivity contribution >= 4 is 34.5 Å². The summed E-state index contributed by atoms with van der Waals surface area (Å²) in [4.78, 5) is 17.1. The summed E-state index contributed by atoms with van der Waals surface area (Å²) in [5.41, 5.74) is 4.32. The monoisotopic (exact) mass is 368 g/mol. The minimum absolute atomic E-state index is 0.150. The number of nitrogens with zero attached hydrogens (tertiary/aromatic N) is 1. The molecule has 2 aromatic carbocycles. The van der Waals surface area contributed by atoms with E-state index in [9.17, 15) is 4.79 Å². The molecule has 1 heterocycles. The molecule has 0 unspecified atom stereocenters. The Hall–Kier alpha value is -2.17. The number of nitrogens with one attached hydrogen (secondary N) is 1. The number of halogens is 1. The van der Waals surface area contributed by atoms with Gasteiger partial charge in [0.25, 0.3) is 5.91 Å². The molecule has 25 heavy (non-hydrogen) atoms. The van der Waals surface area contributed by atoms with Crippen molar-refractivity contribution in [3.8, 4) is 11.3 Å². The highest BCUT2D eigenvalue weighted by atomic mass is 35.5. The van der Waals surface area contributed by atoms with E-state index in [0.29, 0.717) is 22.2 Å². The fraction of sp³-hybridized carbons (Fsp3) is 0.200. The van der Waals surface area contributed by atoms with Gasteiger partial charge in [-0.25, -0.2) is 4.98 Å². The van der Waals surface area contributed by atoms with Gasteiger partial charge in [-0.2, -0.15) is 0 Å². The second-order valence-electron chi connectivity index (χ2n) is 6.34. The van der Waals surface area contributed by atoms with E-state index < -0.39 is 0 Å². The van der Waals surface area contributed by atoms with Crippen molar-refractivity contribution in [3.63, 3.8) is 0 Å². The third-order valence-electron chi connectivity index (χ3n) is 4.32. The molecule has 1 aromatic heterocycles. The smallest absolute Gasteiger partial charge is 0.255 e. The number of amides is 1. The van der Waals surface area contributed by atoms with Gasteiger partial charge in [-0.1, -0.05) is 29.8 Å². The average Bonchev–Trinajstić information content (AvgIpc) is 3.35. The van der Waals surface area contributed by atoms with E-state index in [2.05, 4.69) is 10.7 Å². The Morgan fingerprint density at radius 1 is 1.20 bits per heavy atom. The summed E-state index contributed by atoms with van der Waals surface area (Å²) in [5, 5.41) is 6.84. The number of benzene rings is 2. The van der Waals surface area contributed by atoms with Gasteiger partial charge in [-0.15, -0.1) is 11.3 Å². The third-order valence-corrected chi connectivity index (χ3v) is 5.74. The Morgan fingerprint density at radius 3 is 2.64 bits per heavy atom. The maximum Gasteiger partial charge on any atom is 0.255 e. The largest absolute Gasteiger partial charge is 0.322 e. The maximum atomic E-state index is 12.4. The highest BCUT2D eigenvalue weighted by Gasteiger charge is 2.26. The molecule has 0 spiro atoms. The normalized spacial score (nSPS) is 13.7. The predicted molar refractivity (Wildman–Crippen MR) is 104 cm³/mol. The number of hydrogen-bond donors (Lipinski definition) is 1. The van der Waals surface area contributed by atoms with Gasteiger partial charge in [0.05, 0.1) is 10.7 Å². The van der Waals surface area contributed by atoms with Crippen LogP contribution in [0.3, 0.4) is 0 Å². The van der Waals surface area contributed by atoms with Crippen molar-refractivity contribution in [3.05, 3.63) is 69.0 Å². The lowest BCUT2D eigenvalue weighted by Gasteiger charge is -2.07. The summed E-state index contributed by atoms with van der Waals surface area (Å²) in [6, 6.07) is 13.1. The van der Waals surface area contributed by atoms with E-state index in [1.165, 1.54) is 17.8 Å². The zero-order valence-corrected chi connectivity index (χ0v) is 15.3. The van der Waals surface area contributed by atoms with Gasteiger partial charge in [0.15, 0.2) is 0 Å². The van der Waals surface area contributed by atoms with Crippen LogP contribution in [0, 0.1) is 6.92 Å². The van der Waals surface area contributed by atoms with E-state index in [4.69, 9.17) is 16.6 Å². The molecular formula is C20H17ClN2OS. The van der Waals surface area contributed by atoms with Crippen molar-refractivity contribution in [2.45, 2.75) is 25.7 Å². The Labute approximate surface area is 155 Å². The van der Waals surface area contributed by atoms with Crippen LogP contribution in [0.15, 0.2) is 47.8 Å². The standard InChI is InChI=1S/C20H17ClN2OS/c1-12-2-9-16(10-17(12)21)22-19(24)14-5-3-13(4-6-14)18-11-25-20(23-18)15-7-8-15/h2-6,9-11,15H,7-8H2,1H3,(H,22,24). The molecule has 4 rings (SSSR count). The molecule has 0 saturated heterocycles. The molecule has 3 nitrogen and oxygen atoms in total. The van der Waals surface area contributed by atoms with E-state index in [1.54, 1.807) is 17.4 Å². The lowest BCUT2D eigenvalue weighted by Crippen LogP contribution is -2.11. The molecule has 1 N–H and O–H groups in total. The van der Waals surface area contributed by atoms with Crippen LogP contribution < -0.4 is 5.32 Å². The second-order valence-corrected chi connectivity index (χ2v) is 7.64. The van der Waals surface area contributed by atoms with Gasteiger partial charge in [-0.3, -0.25) is 4.79 Å². The second kappa shape index (κ2) is 6.62. The lowest BCUT2D eigenvalue weighted by atomic mass is 10.1. The predicted octanol–water partition coefficient (Wildman–Crippen LogP) is 5.90. The molecule has 1 amide bonds. The van der Waals surface area contributed by atoms with Crippen LogP contribution in [0.1, 0.15) is 39.7 Å². The number of carbonyl (C=O) groups excluding carboxylic acids is 1. The summed E-state index contributed by atoms with van der Waals surface area (Å²) >= 11 is 7.83. The topological polar surface area (TPSA) is 42.0 Å². The summed E-state index contributed by atoms with van der Waals surface area (Å²) in [7, 11) is 0. The molecule has 0 aliphatic heterocycles. The van der Waals surface area contributed by atoms with Crippen molar-refractivity contribution in [1.29, 1.82) is 0 Å². The summed E-state index contributed by atoms with van der Waals surface area (Å²) < 4.78 is 0. The molecule has 1 saturated carbocycles. The van der Waals surface area contributed by atoms with Gasteiger partial charge >= 0.3 is 0 Å². The van der Waals surface area contributed by atoms with Crippen molar-refractivity contribution in [2.75, 3.05) is 5.32 Å². The number of aryl methyl sites for hydroxylation is 1. The first-order valence-electron chi connectivity index (χ1n) is 8.23. The summed E-state index contributed by atoms with van der Waals surface area (Å²) in [5.74, 6) is 0.522. The molecule has 0 bridgehead atoms. The first-order chi connectivity index (χ1) is 12.1. The van der Waals surface area contributed by atoms with Crippen LogP contribution in [0.5, 0.6) is 0 Å². The minimum Gasteiger partial charge on any atom is -0.322 e. The highest BCUT2D eigenvalue weighted by molar-refractivity contribution is 7.10. The summed E-state index contributed by atoms with van der Waals surface area (Å²) in [6.07, 6.45) is 2.52. The molecule has 3 aromatic rings. The molecule has 0 atom stereocenters. The minimum atomic E-state index is -0.150. The molecule has 1 aliphatic rings. The quantitative estimate of drug-likeness (QED) is 0.622. The number of rotatable bonds is 4. The van der Waals surface area contributed by atoms with Gasteiger partial charge in [-0.05, 0) is 49.6 Å². The summed E-state index contributed by atoms with van der Waals surface area (Å²) in [6.45, 7) is 1.93. The van der Waals surface area contributed by atoms with Crippen molar-refractivity contribution in [1.82, 2.24) is 4.98 Å². The molecule has 1 aliphatic carbocycles. The van der Waals surface area contributed by atoms with Gasteiger partial charge in [0.2, 0.25) is 0 Å². The molecule has 0 radical (unpaired) electrons. The van der Waals surface area contributed by atoms with Gasteiger partial charge in [0.1, 0.15) is 0 Å². The lowest BCUT2D eigenvalue weighted by molar-refractivity contribution is 0.102. The Bertz CT molecular complexity index is 929. The SMILES string of the molecule is Cc1ccc(NC(=O)c2ccc(-c3csc(C4CC4)n3)cc2)cc1Cl. The maximum absolute atomic E-state index is 12.4. The van der Waals surface area contributed by atoms with E-state index in [1.807, 2.05) is 43.3 Å². The molecule has 126 valence electrons. The highest BCUT2D eigenvalue weighted by Crippen LogP contribution is 2.42. The van der Waals surface area contributed by atoms with Crippen LogP contribution in [0.2, 0.25) is 5.02 Å².